The van der Waals surface area contributed by atoms with Gasteiger partial charge in [0.15, 0.2) is 0 Å². The van der Waals surface area contributed by atoms with Crippen molar-refractivity contribution in [2.24, 2.45) is 23.7 Å². The first-order valence-corrected chi connectivity index (χ1v) is 10.2. The molecule has 0 aromatic carbocycles. The summed E-state index contributed by atoms with van der Waals surface area (Å²) in [6.07, 6.45) is 5.01. The van der Waals surface area contributed by atoms with E-state index in [0.717, 1.165) is 34.7 Å². The molecular weight excluding hydrogens is 379 g/mol. The Morgan fingerprint density at radius 1 is 1.04 bits per heavy atom. The number of rotatable bonds is 8. The molecule has 1 N–H and O–H groups in total. The van der Waals surface area contributed by atoms with Crippen LogP contribution in [0.5, 0.6) is 0 Å². The van der Waals surface area contributed by atoms with Crippen LogP contribution in [0.15, 0.2) is 0 Å². The van der Waals surface area contributed by atoms with E-state index in [4.69, 9.17) is 11.6 Å². The van der Waals surface area contributed by atoms with Crippen LogP contribution in [-0.2, 0) is 0 Å². The van der Waals surface area contributed by atoms with Crippen LogP contribution in [0.25, 0.3) is 0 Å². The maximum Gasteiger partial charge on any atom is 0.116 e. The Hall–Kier alpha value is 0.750. The normalized spacial score (nSPS) is 36.7. The molecule has 6 atom stereocenters. The van der Waals surface area contributed by atoms with Gasteiger partial charge in [0.1, 0.15) is 12.6 Å². The Morgan fingerprint density at radius 3 is 2.12 bits per heavy atom. The molecule has 6 heteroatoms. The highest BCUT2D eigenvalue weighted by atomic mass is 35.5. The van der Waals surface area contributed by atoms with Crippen LogP contribution in [0.1, 0.15) is 39.5 Å². The van der Waals surface area contributed by atoms with Gasteiger partial charge in [-0.1, -0.05) is 20.3 Å². The topological polar surface area (TPSA) is 23.5 Å². The summed E-state index contributed by atoms with van der Waals surface area (Å²) in [4.78, 5) is 2.52. The fourth-order valence-electron chi connectivity index (χ4n) is 5.39. The van der Waals surface area contributed by atoms with E-state index in [1.165, 1.54) is 51.9 Å². The number of alkyl halides is 1. The van der Waals surface area contributed by atoms with Gasteiger partial charge in [0.05, 0.1) is 26.0 Å². The first-order chi connectivity index (χ1) is 10.9. The average molecular weight is 418 g/mol. The third-order valence-electron chi connectivity index (χ3n) is 6.56. The maximum absolute atomic E-state index is 9.97. The molecule has 2 fully saturated rings. The summed E-state index contributed by atoms with van der Waals surface area (Å²) in [5, 5.41) is 9.97. The molecule has 0 amide bonds. The third-order valence-corrected chi connectivity index (χ3v) is 6.92. The summed E-state index contributed by atoms with van der Waals surface area (Å²) in [5.74, 6) is 3.82. The van der Waals surface area contributed by atoms with Crippen molar-refractivity contribution in [1.29, 1.82) is 0 Å². The van der Waals surface area contributed by atoms with Crippen molar-refractivity contribution in [2.45, 2.75) is 45.6 Å². The van der Waals surface area contributed by atoms with Gasteiger partial charge in [0.25, 0.3) is 0 Å². The number of likely N-dealkylation sites (tertiary alicyclic amines) is 2. The van der Waals surface area contributed by atoms with E-state index in [-0.39, 0.29) is 30.9 Å². The van der Waals surface area contributed by atoms with Gasteiger partial charge in [-0.3, -0.25) is 0 Å². The Kier molecular flexibility index (Phi) is 11.9. The Morgan fingerprint density at radius 2 is 1.56 bits per heavy atom. The lowest BCUT2D eigenvalue weighted by Gasteiger charge is -2.31. The zero-order valence-electron chi connectivity index (χ0n) is 16.5. The number of likely N-dealkylation sites (N-methyl/N-ethyl adjacent to an activating group) is 1. The van der Waals surface area contributed by atoms with Crippen molar-refractivity contribution >= 4 is 24.0 Å². The van der Waals surface area contributed by atoms with Crippen molar-refractivity contribution in [3.63, 3.8) is 0 Å². The van der Waals surface area contributed by atoms with Crippen LogP contribution >= 0.6 is 24.0 Å². The van der Waals surface area contributed by atoms with Gasteiger partial charge in [-0.15, -0.1) is 24.0 Å². The third kappa shape index (κ3) is 7.01. The molecule has 0 aliphatic carbocycles. The average Bonchev–Trinajstić information content (AvgIpc) is 3.04. The minimum absolute atomic E-state index is 0. The quantitative estimate of drug-likeness (QED) is 0.459. The number of halogens is 3. The number of aliphatic hydroxyl groups is 1. The summed E-state index contributed by atoms with van der Waals surface area (Å²) in [5.41, 5.74) is 0. The molecule has 3 nitrogen and oxygen atoms in total. The first kappa shape index (κ1) is 25.8. The standard InChI is InChI=1S/C19H38ClN2O.2ClH/c1-5-15-10-21(3)11-17(15)7-8-18-13-22(4,12-16(18)6-2)14-19(23)9-20;;/h15-19,23H,5-14H2,1-4H3;2*1H/q+1;;/p-1. The van der Waals surface area contributed by atoms with Crippen molar-refractivity contribution in [1.82, 2.24) is 4.90 Å². The highest BCUT2D eigenvalue weighted by Gasteiger charge is 2.42. The SMILES string of the molecule is CCC1CN(C)CC1CCC1C[N+](C)(CC(O)CCl)CC1CC.Cl.[Cl-]. The predicted octanol–water partition coefficient (Wildman–Crippen LogP) is 0.483. The molecule has 0 aromatic heterocycles. The fourth-order valence-corrected chi connectivity index (χ4v) is 5.49. The number of hydrogen-bond acceptors (Lipinski definition) is 2. The van der Waals surface area contributed by atoms with Gasteiger partial charge in [-0.05, 0) is 38.1 Å². The van der Waals surface area contributed by atoms with Crippen molar-refractivity contribution < 1.29 is 22.0 Å². The van der Waals surface area contributed by atoms with Crippen LogP contribution in [0, 0.1) is 23.7 Å². The Labute approximate surface area is 172 Å². The molecule has 2 saturated heterocycles. The number of nitrogens with zero attached hydrogens (tertiary/aromatic N) is 2. The number of aliphatic hydroxyl groups excluding tert-OH is 1. The van der Waals surface area contributed by atoms with Gasteiger partial charge in [0, 0.05) is 24.9 Å². The molecule has 0 saturated carbocycles. The zero-order chi connectivity index (χ0) is 17.0. The van der Waals surface area contributed by atoms with E-state index in [9.17, 15) is 5.11 Å². The highest BCUT2D eigenvalue weighted by Crippen LogP contribution is 2.37. The zero-order valence-corrected chi connectivity index (χ0v) is 18.8. The second kappa shape index (κ2) is 11.6. The molecule has 0 radical (unpaired) electrons. The summed E-state index contributed by atoms with van der Waals surface area (Å²) in [6, 6.07) is 0. The van der Waals surface area contributed by atoms with Crippen LogP contribution in [-0.4, -0.2) is 73.3 Å². The molecule has 0 spiro atoms. The molecule has 2 rings (SSSR count). The van der Waals surface area contributed by atoms with Crippen molar-refractivity contribution in [3.8, 4) is 0 Å². The molecule has 0 aromatic rings. The van der Waals surface area contributed by atoms with Gasteiger partial charge in [-0.25, -0.2) is 0 Å². The van der Waals surface area contributed by atoms with E-state index >= 15 is 0 Å². The molecule has 25 heavy (non-hydrogen) atoms. The van der Waals surface area contributed by atoms with Crippen molar-refractivity contribution in [2.75, 3.05) is 52.7 Å². The lowest BCUT2D eigenvalue weighted by atomic mass is 9.83. The van der Waals surface area contributed by atoms with Crippen LogP contribution < -0.4 is 12.4 Å². The molecule has 2 aliphatic rings. The summed E-state index contributed by atoms with van der Waals surface area (Å²) < 4.78 is 1.01. The van der Waals surface area contributed by atoms with Gasteiger partial charge >= 0.3 is 0 Å². The maximum atomic E-state index is 9.97. The molecule has 2 aliphatic heterocycles. The van der Waals surface area contributed by atoms with Gasteiger partial charge < -0.3 is 26.9 Å². The van der Waals surface area contributed by atoms with E-state index in [1.54, 1.807) is 0 Å². The first-order valence-electron chi connectivity index (χ1n) is 9.66. The van der Waals surface area contributed by atoms with Crippen LogP contribution in [0.4, 0.5) is 0 Å². The largest absolute Gasteiger partial charge is 1.00 e. The summed E-state index contributed by atoms with van der Waals surface area (Å²) in [6.45, 7) is 10.5. The van der Waals surface area contributed by atoms with Gasteiger partial charge in [0.2, 0.25) is 0 Å². The summed E-state index contributed by atoms with van der Waals surface area (Å²) >= 11 is 5.83. The van der Waals surface area contributed by atoms with Gasteiger partial charge in [-0.2, -0.15) is 0 Å². The lowest BCUT2D eigenvalue weighted by Crippen LogP contribution is -3.00. The Balaban J connectivity index is 0.00000288. The summed E-state index contributed by atoms with van der Waals surface area (Å²) in [7, 11) is 4.59. The lowest BCUT2D eigenvalue weighted by molar-refractivity contribution is -0.903. The number of quaternary nitrogens is 1. The van der Waals surface area contributed by atoms with E-state index in [2.05, 4.69) is 32.8 Å². The molecular formula is C19H39Cl3N2O. The van der Waals surface area contributed by atoms with Crippen LogP contribution in [0.2, 0.25) is 0 Å². The Bertz CT molecular complexity index is 375. The molecule has 6 unspecified atom stereocenters. The minimum Gasteiger partial charge on any atom is -1.00 e. The molecule has 2 heterocycles. The fraction of sp³-hybridized carbons (Fsp3) is 1.00. The number of hydrogen-bond donors (Lipinski definition) is 1. The molecule has 152 valence electrons. The van der Waals surface area contributed by atoms with Crippen LogP contribution in [0.3, 0.4) is 0 Å². The second-order valence-corrected chi connectivity index (χ2v) is 8.94. The van der Waals surface area contributed by atoms with E-state index in [0.29, 0.717) is 5.88 Å². The monoisotopic (exact) mass is 416 g/mol. The van der Waals surface area contributed by atoms with E-state index < -0.39 is 0 Å². The van der Waals surface area contributed by atoms with E-state index in [1.807, 2.05) is 0 Å². The predicted molar refractivity (Wildman–Crippen MR) is 106 cm³/mol. The van der Waals surface area contributed by atoms with Crippen molar-refractivity contribution in [3.05, 3.63) is 0 Å². The molecule has 0 bridgehead atoms. The highest BCUT2D eigenvalue weighted by molar-refractivity contribution is 6.18. The second-order valence-electron chi connectivity index (χ2n) is 8.63. The smallest absolute Gasteiger partial charge is 0.116 e. The minimum atomic E-state index is -0.356.